The van der Waals surface area contributed by atoms with Crippen LogP contribution in [0.5, 0.6) is 0 Å². The first-order valence-electron chi connectivity index (χ1n) is 8.78. The van der Waals surface area contributed by atoms with Gasteiger partial charge in [0.25, 0.3) is 5.91 Å². The van der Waals surface area contributed by atoms with Gasteiger partial charge in [0.2, 0.25) is 0 Å². The van der Waals surface area contributed by atoms with E-state index in [9.17, 15) is 4.79 Å². The second kappa shape index (κ2) is 6.57. The van der Waals surface area contributed by atoms with Crippen LogP contribution in [-0.2, 0) is 9.47 Å². The third kappa shape index (κ3) is 3.47. The first-order valence-corrected chi connectivity index (χ1v) is 8.78. The fourth-order valence-electron chi connectivity index (χ4n) is 3.22. The van der Waals surface area contributed by atoms with Crippen molar-refractivity contribution in [1.29, 1.82) is 0 Å². The second-order valence-corrected chi connectivity index (χ2v) is 7.03. The zero-order valence-corrected chi connectivity index (χ0v) is 14.0. The van der Waals surface area contributed by atoms with Crippen LogP contribution in [-0.4, -0.2) is 42.9 Å². The first-order chi connectivity index (χ1) is 11.7. The van der Waals surface area contributed by atoms with Gasteiger partial charge in [-0.3, -0.25) is 4.79 Å². The highest BCUT2D eigenvalue weighted by Crippen LogP contribution is 2.30. The molecule has 1 saturated heterocycles. The quantitative estimate of drug-likeness (QED) is 0.887. The van der Waals surface area contributed by atoms with E-state index in [0.29, 0.717) is 18.9 Å². The zero-order chi connectivity index (χ0) is 16.5. The third-order valence-corrected chi connectivity index (χ3v) is 4.87. The maximum Gasteiger partial charge on any atom is 0.268 e. The highest BCUT2D eigenvalue weighted by atomic mass is 16.5. The molecule has 1 aromatic carbocycles. The molecule has 4 rings (SSSR count). The lowest BCUT2D eigenvalue weighted by Crippen LogP contribution is -2.50. The number of aryl methyl sites for hydroxylation is 1. The summed E-state index contributed by atoms with van der Waals surface area (Å²) in [6.07, 6.45) is 3.43. The van der Waals surface area contributed by atoms with Crippen molar-refractivity contribution < 1.29 is 14.3 Å². The molecule has 1 aromatic heterocycles. The SMILES string of the molecule is Cc1ccc2[nH]c(C(=O)N[C@@H]3COCC[C@@H]3OCC3CC3)cc2c1. The molecule has 128 valence electrons. The summed E-state index contributed by atoms with van der Waals surface area (Å²) in [4.78, 5) is 15.8. The topological polar surface area (TPSA) is 63.4 Å². The van der Waals surface area contributed by atoms with Gasteiger partial charge >= 0.3 is 0 Å². The van der Waals surface area contributed by atoms with Crippen molar-refractivity contribution >= 4 is 16.8 Å². The van der Waals surface area contributed by atoms with Gasteiger partial charge in [-0.25, -0.2) is 0 Å². The summed E-state index contributed by atoms with van der Waals surface area (Å²) in [7, 11) is 0. The summed E-state index contributed by atoms with van der Waals surface area (Å²) < 4.78 is 11.6. The van der Waals surface area contributed by atoms with Crippen molar-refractivity contribution in [2.24, 2.45) is 5.92 Å². The number of hydrogen-bond donors (Lipinski definition) is 2. The Labute approximate surface area is 141 Å². The van der Waals surface area contributed by atoms with Gasteiger partial charge in [-0.2, -0.15) is 0 Å². The molecule has 2 aromatic rings. The highest BCUT2D eigenvalue weighted by molar-refractivity contribution is 5.98. The van der Waals surface area contributed by atoms with E-state index in [1.54, 1.807) is 0 Å². The van der Waals surface area contributed by atoms with Gasteiger partial charge in [-0.15, -0.1) is 0 Å². The lowest BCUT2D eigenvalue weighted by Gasteiger charge is -2.32. The molecule has 5 heteroatoms. The molecule has 0 bridgehead atoms. The molecule has 2 N–H and O–H groups in total. The van der Waals surface area contributed by atoms with Crippen LogP contribution in [0.1, 0.15) is 35.3 Å². The molecule has 2 atom stereocenters. The number of aromatic nitrogens is 1. The van der Waals surface area contributed by atoms with Gasteiger partial charge in [-0.05, 0) is 50.3 Å². The van der Waals surface area contributed by atoms with E-state index >= 15 is 0 Å². The summed E-state index contributed by atoms with van der Waals surface area (Å²) in [6.45, 7) is 4.07. The molecule has 0 spiro atoms. The lowest BCUT2D eigenvalue weighted by molar-refractivity contribution is -0.0567. The van der Waals surface area contributed by atoms with Crippen LogP contribution < -0.4 is 5.32 Å². The van der Waals surface area contributed by atoms with Crippen LogP contribution in [0, 0.1) is 12.8 Å². The minimum atomic E-state index is -0.0978. The predicted molar refractivity (Wildman–Crippen MR) is 92.2 cm³/mol. The van der Waals surface area contributed by atoms with E-state index in [1.807, 2.05) is 25.1 Å². The van der Waals surface area contributed by atoms with Gasteiger partial charge in [0.05, 0.1) is 18.8 Å². The van der Waals surface area contributed by atoms with Crippen LogP contribution in [0.15, 0.2) is 24.3 Å². The Bertz CT molecular complexity index is 735. The standard InChI is InChI=1S/C19H24N2O3/c1-12-2-5-15-14(8-12)9-16(20-15)19(22)21-17-11-23-7-6-18(17)24-10-13-3-4-13/h2,5,8-9,13,17-18,20H,3-4,6-7,10-11H2,1H3,(H,21,22)/t17-,18+/m1/s1. The van der Waals surface area contributed by atoms with Gasteiger partial charge in [0, 0.05) is 24.1 Å². The number of aromatic amines is 1. The number of benzene rings is 1. The van der Waals surface area contributed by atoms with Crippen LogP contribution in [0.25, 0.3) is 10.9 Å². The number of hydrogen-bond acceptors (Lipinski definition) is 3. The Morgan fingerprint density at radius 1 is 1.33 bits per heavy atom. The normalized spacial score (nSPS) is 24.2. The maximum absolute atomic E-state index is 12.6. The molecular formula is C19H24N2O3. The van der Waals surface area contributed by atoms with Crippen LogP contribution >= 0.6 is 0 Å². The number of carbonyl (C=O) groups excluding carboxylic acids is 1. The Morgan fingerprint density at radius 2 is 2.21 bits per heavy atom. The van der Waals surface area contributed by atoms with Crippen molar-refractivity contribution in [2.45, 2.75) is 38.3 Å². The lowest BCUT2D eigenvalue weighted by atomic mass is 10.1. The number of H-pyrrole nitrogens is 1. The molecule has 2 fully saturated rings. The number of rotatable bonds is 5. The molecule has 1 amide bonds. The number of fused-ring (bicyclic) bond motifs is 1. The number of nitrogens with one attached hydrogen (secondary N) is 2. The van der Waals surface area contributed by atoms with Gasteiger partial charge in [0.1, 0.15) is 5.69 Å². The molecule has 2 heterocycles. The molecule has 24 heavy (non-hydrogen) atoms. The molecular weight excluding hydrogens is 304 g/mol. The molecule has 1 aliphatic carbocycles. The summed E-state index contributed by atoms with van der Waals surface area (Å²) in [5, 5.41) is 4.14. The average Bonchev–Trinajstić information content (AvgIpc) is 3.31. The first kappa shape index (κ1) is 15.7. The fraction of sp³-hybridized carbons (Fsp3) is 0.526. The summed E-state index contributed by atoms with van der Waals surface area (Å²) in [6, 6.07) is 7.94. The predicted octanol–water partition coefficient (Wildman–Crippen LogP) is 2.79. The summed E-state index contributed by atoms with van der Waals surface area (Å²) in [5.74, 6) is 0.625. The van der Waals surface area contributed by atoms with Crippen molar-refractivity contribution in [3.63, 3.8) is 0 Å². The fourth-order valence-corrected chi connectivity index (χ4v) is 3.22. The van der Waals surface area contributed by atoms with E-state index in [1.165, 1.54) is 18.4 Å². The Hall–Kier alpha value is -1.85. The Kier molecular flexibility index (Phi) is 4.29. The smallest absolute Gasteiger partial charge is 0.268 e. The summed E-state index contributed by atoms with van der Waals surface area (Å²) >= 11 is 0. The van der Waals surface area contributed by atoms with Crippen molar-refractivity contribution in [1.82, 2.24) is 10.3 Å². The average molecular weight is 328 g/mol. The summed E-state index contributed by atoms with van der Waals surface area (Å²) in [5.41, 5.74) is 2.75. The largest absolute Gasteiger partial charge is 0.379 e. The molecule has 2 aliphatic rings. The maximum atomic E-state index is 12.6. The Morgan fingerprint density at radius 3 is 3.04 bits per heavy atom. The van der Waals surface area contributed by atoms with Gasteiger partial charge in [-0.1, -0.05) is 11.6 Å². The van der Waals surface area contributed by atoms with Crippen molar-refractivity contribution in [3.05, 3.63) is 35.5 Å². The van der Waals surface area contributed by atoms with Crippen molar-refractivity contribution in [2.75, 3.05) is 19.8 Å². The monoisotopic (exact) mass is 328 g/mol. The number of amides is 1. The molecule has 1 aliphatic heterocycles. The third-order valence-electron chi connectivity index (χ3n) is 4.87. The molecule has 1 saturated carbocycles. The van der Waals surface area contributed by atoms with E-state index in [-0.39, 0.29) is 18.1 Å². The molecule has 0 radical (unpaired) electrons. The van der Waals surface area contributed by atoms with Crippen LogP contribution in [0.4, 0.5) is 0 Å². The second-order valence-electron chi connectivity index (χ2n) is 7.03. The molecule has 0 unspecified atom stereocenters. The molecule has 5 nitrogen and oxygen atoms in total. The van der Waals surface area contributed by atoms with Crippen LogP contribution in [0.3, 0.4) is 0 Å². The van der Waals surface area contributed by atoms with E-state index < -0.39 is 0 Å². The zero-order valence-electron chi connectivity index (χ0n) is 14.0. The highest BCUT2D eigenvalue weighted by Gasteiger charge is 2.31. The van der Waals surface area contributed by atoms with E-state index in [4.69, 9.17) is 9.47 Å². The van der Waals surface area contributed by atoms with E-state index in [2.05, 4.69) is 16.4 Å². The number of ether oxygens (including phenoxy) is 2. The Balaban J connectivity index is 1.44. The minimum Gasteiger partial charge on any atom is -0.379 e. The van der Waals surface area contributed by atoms with Gasteiger partial charge < -0.3 is 19.8 Å². The van der Waals surface area contributed by atoms with Crippen molar-refractivity contribution in [3.8, 4) is 0 Å². The number of carbonyl (C=O) groups is 1. The van der Waals surface area contributed by atoms with Crippen LogP contribution in [0.2, 0.25) is 0 Å². The van der Waals surface area contributed by atoms with E-state index in [0.717, 1.165) is 29.8 Å². The minimum absolute atomic E-state index is 0.0509. The van der Waals surface area contributed by atoms with Gasteiger partial charge in [0.15, 0.2) is 0 Å².